The summed E-state index contributed by atoms with van der Waals surface area (Å²) in [5.74, 6) is 0.912. The van der Waals surface area contributed by atoms with Crippen LogP contribution in [0.3, 0.4) is 0 Å². The zero-order valence-corrected chi connectivity index (χ0v) is 14.9. The highest BCUT2D eigenvalue weighted by Crippen LogP contribution is 2.27. The summed E-state index contributed by atoms with van der Waals surface area (Å²) < 4.78 is 10.4. The maximum absolute atomic E-state index is 11.8. The van der Waals surface area contributed by atoms with E-state index in [4.69, 9.17) is 14.6 Å². The van der Waals surface area contributed by atoms with Crippen LogP contribution in [-0.4, -0.2) is 55.9 Å². The molecular weight excluding hydrogens is 332 g/mol. The summed E-state index contributed by atoms with van der Waals surface area (Å²) in [5.41, 5.74) is 0.977. The van der Waals surface area contributed by atoms with E-state index in [1.54, 1.807) is 20.3 Å². The molecular formula is C16H24N2O5S. The van der Waals surface area contributed by atoms with E-state index in [1.807, 2.05) is 18.4 Å². The molecule has 8 heteroatoms. The molecule has 0 spiro atoms. The lowest BCUT2D eigenvalue weighted by atomic mass is 10.1. The first-order chi connectivity index (χ1) is 11.5. The molecule has 0 aliphatic heterocycles. The van der Waals surface area contributed by atoms with Gasteiger partial charge in [-0.15, -0.1) is 0 Å². The molecule has 134 valence electrons. The Morgan fingerprint density at radius 3 is 2.54 bits per heavy atom. The Balaban J connectivity index is 2.46. The molecule has 24 heavy (non-hydrogen) atoms. The van der Waals surface area contributed by atoms with E-state index in [-0.39, 0.29) is 0 Å². The number of rotatable bonds is 10. The second kappa shape index (κ2) is 10.6. The Morgan fingerprint density at radius 1 is 1.25 bits per heavy atom. The van der Waals surface area contributed by atoms with Crippen molar-refractivity contribution in [1.82, 2.24) is 10.6 Å². The molecule has 0 heterocycles. The van der Waals surface area contributed by atoms with E-state index in [1.165, 1.54) is 11.8 Å². The van der Waals surface area contributed by atoms with Gasteiger partial charge in [0.25, 0.3) is 0 Å². The van der Waals surface area contributed by atoms with Crippen molar-refractivity contribution >= 4 is 23.8 Å². The number of ether oxygens (including phenoxy) is 2. The van der Waals surface area contributed by atoms with Gasteiger partial charge in [-0.05, 0) is 42.5 Å². The first-order valence-electron chi connectivity index (χ1n) is 7.48. The number of carboxylic acids is 1. The van der Waals surface area contributed by atoms with Crippen molar-refractivity contribution in [3.8, 4) is 11.5 Å². The minimum absolute atomic E-state index is 0.385. The van der Waals surface area contributed by atoms with Crippen LogP contribution in [0.25, 0.3) is 0 Å². The van der Waals surface area contributed by atoms with E-state index in [2.05, 4.69) is 10.6 Å². The fourth-order valence-electron chi connectivity index (χ4n) is 2.06. The van der Waals surface area contributed by atoms with E-state index in [9.17, 15) is 9.59 Å². The third-order valence-electron chi connectivity index (χ3n) is 3.36. The smallest absolute Gasteiger partial charge is 0.326 e. The van der Waals surface area contributed by atoms with Crippen LogP contribution in [0.15, 0.2) is 18.2 Å². The SMILES string of the molecule is COc1ccc(CCNC(=O)N[C@H](CCSC)C(=O)O)cc1OC. The number of benzene rings is 1. The maximum atomic E-state index is 11.8. The Labute approximate surface area is 146 Å². The monoisotopic (exact) mass is 356 g/mol. The average molecular weight is 356 g/mol. The maximum Gasteiger partial charge on any atom is 0.326 e. The summed E-state index contributed by atoms with van der Waals surface area (Å²) in [5, 5.41) is 14.2. The number of carbonyl (C=O) groups excluding carboxylic acids is 1. The van der Waals surface area contributed by atoms with Gasteiger partial charge in [0, 0.05) is 6.54 Å². The molecule has 0 bridgehead atoms. The fraction of sp³-hybridized carbons (Fsp3) is 0.500. The van der Waals surface area contributed by atoms with Crippen molar-refractivity contribution in [2.75, 3.05) is 32.8 Å². The number of methoxy groups -OCH3 is 2. The van der Waals surface area contributed by atoms with Crippen LogP contribution in [0.2, 0.25) is 0 Å². The summed E-state index contributed by atoms with van der Waals surface area (Å²) in [6, 6.07) is 4.18. The normalized spacial score (nSPS) is 11.5. The number of carbonyl (C=O) groups is 2. The lowest BCUT2D eigenvalue weighted by Crippen LogP contribution is -2.46. The molecule has 3 N–H and O–H groups in total. The summed E-state index contributed by atoms with van der Waals surface area (Å²) in [4.78, 5) is 22.9. The third kappa shape index (κ3) is 6.57. The number of hydrogen-bond acceptors (Lipinski definition) is 5. The topological polar surface area (TPSA) is 96.9 Å². The highest BCUT2D eigenvalue weighted by molar-refractivity contribution is 7.98. The molecule has 0 saturated heterocycles. The molecule has 2 amide bonds. The second-order valence-electron chi connectivity index (χ2n) is 5.01. The van der Waals surface area contributed by atoms with E-state index < -0.39 is 18.0 Å². The van der Waals surface area contributed by atoms with Crippen LogP contribution < -0.4 is 20.1 Å². The van der Waals surface area contributed by atoms with Gasteiger partial charge in [-0.2, -0.15) is 11.8 Å². The van der Waals surface area contributed by atoms with Gasteiger partial charge in [0.15, 0.2) is 11.5 Å². The highest BCUT2D eigenvalue weighted by Gasteiger charge is 2.18. The molecule has 1 aromatic rings. The van der Waals surface area contributed by atoms with E-state index >= 15 is 0 Å². The molecule has 0 aliphatic rings. The first-order valence-corrected chi connectivity index (χ1v) is 8.88. The lowest BCUT2D eigenvalue weighted by molar-refractivity contribution is -0.139. The molecule has 0 saturated carbocycles. The Morgan fingerprint density at radius 2 is 1.96 bits per heavy atom. The largest absolute Gasteiger partial charge is 0.493 e. The standard InChI is InChI=1S/C16H24N2O5S/c1-22-13-5-4-11(10-14(13)23-2)6-8-17-16(21)18-12(15(19)20)7-9-24-3/h4-5,10,12H,6-9H2,1-3H3,(H,19,20)(H2,17,18,21)/t12-/m1/s1. The number of carboxylic acid groups (broad SMARTS) is 1. The van der Waals surface area contributed by atoms with E-state index in [0.717, 1.165) is 5.56 Å². The van der Waals surface area contributed by atoms with Crippen molar-refractivity contribution in [3.05, 3.63) is 23.8 Å². The van der Waals surface area contributed by atoms with Crippen molar-refractivity contribution in [2.24, 2.45) is 0 Å². The predicted octanol–water partition coefficient (Wildman–Crippen LogP) is 1.75. The van der Waals surface area contributed by atoms with Gasteiger partial charge in [-0.3, -0.25) is 0 Å². The fourth-order valence-corrected chi connectivity index (χ4v) is 2.53. The van der Waals surface area contributed by atoms with Crippen LogP contribution in [0.4, 0.5) is 4.79 Å². The van der Waals surface area contributed by atoms with Gasteiger partial charge in [0.2, 0.25) is 0 Å². The quantitative estimate of drug-likeness (QED) is 0.591. The highest BCUT2D eigenvalue weighted by atomic mass is 32.2. The third-order valence-corrected chi connectivity index (χ3v) is 4.01. The molecule has 0 fully saturated rings. The molecule has 0 aliphatic carbocycles. The number of thioether (sulfide) groups is 1. The molecule has 0 aromatic heterocycles. The van der Waals surface area contributed by atoms with Crippen LogP contribution in [-0.2, 0) is 11.2 Å². The Hall–Kier alpha value is -2.09. The summed E-state index contributed by atoms with van der Waals surface area (Å²) >= 11 is 1.54. The minimum Gasteiger partial charge on any atom is -0.493 e. The lowest BCUT2D eigenvalue weighted by Gasteiger charge is -2.15. The van der Waals surface area contributed by atoms with Gasteiger partial charge in [0.1, 0.15) is 6.04 Å². The van der Waals surface area contributed by atoms with Crippen molar-refractivity contribution in [1.29, 1.82) is 0 Å². The Bertz CT molecular complexity index is 553. The predicted molar refractivity (Wildman–Crippen MR) is 94.2 cm³/mol. The van der Waals surface area contributed by atoms with Gasteiger partial charge in [0.05, 0.1) is 14.2 Å². The number of hydrogen-bond donors (Lipinski definition) is 3. The molecule has 0 unspecified atom stereocenters. The van der Waals surface area contributed by atoms with E-state index in [0.29, 0.717) is 36.6 Å². The molecule has 1 rings (SSSR count). The van der Waals surface area contributed by atoms with Crippen LogP contribution >= 0.6 is 11.8 Å². The minimum atomic E-state index is -1.03. The first kappa shape index (κ1) is 20.0. The zero-order chi connectivity index (χ0) is 17.9. The van der Waals surface area contributed by atoms with Crippen LogP contribution in [0.1, 0.15) is 12.0 Å². The van der Waals surface area contributed by atoms with Gasteiger partial charge in [-0.25, -0.2) is 9.59 Å². The van der Waals surface area contributed by atoms with Gasteiger partial charge >= 0.3 is 12.0 Å². The van der Waals surface area contributed by atoms with Crippen molar-refractivity contribution in [2.45, 2.75) is 18.9 Å². The Kier molecular flexibility index (Phi) is 8.85. The number of amides is 2. The molecule has 0 radical (unpaired) electrons. The number of urea groups is 1. The van der Waals surface area contributed by atoms with Crippen LogP contribution in [0.5, 0.6) is 11.5 Å². The molecule has 1 aromatic carbocycles. The van der Waals surface area contributed by atoms with Crippen LogP contribution in [0, 0.1) is 0 Å². The number of nitrogens with one attached hydrogen (secondary N) is 2. The van der Waals surface area contributed by atoms with Gasteiger partial charge in [-0.1, -0.05) is 6.07 Å². The number of aliphatic carboxylic acids is 1. The average Bonchev–Trinajstić information content (AvgIpc) is 2.58. The summed E-state index contributed by atoms with van der Waals surface area (Å²) in [6.07, 6.45) is 2.87. The second-order valence-corrected chi connectivity index (χ2v) is 6.00. The van der Waals surface area contributed by atoms with Crippen molar-refractivity contribution < 1.29 is 24.2 Å². The van der Waals surface area contributed by atoms with Crippen molar-refractivity contribution in [3.63, 3.8) is 0 Å². The zero-order valence-electron chi connectivity index (χ0n) is 14.1. The summed E-state index contributed by atoms with van der Waals surface area (Å²) in [6.45, 7) is 0.385. The molecule has 7 nitrogen and oxygen atoms in total. The molecule has 1 atom stereocenters. The summed E-state index contributed by atoms with van der Waals surface area (Å²) in [7, 11) is 3.13. The van der Waals surface area contributed by atoms with Gasteiger partial charge < -0.3 is 25.2 Å².